The van der Waals surface area contributed by atoms with Gasteiger partial charge in [0.05, 0.1) is 37.6 Å². The SMILES string of the molecule is COC(=O)c1ccc(F)cc1NC1COC(C)(C)OC1. The lowest BCUT2D eigenvalue weighted by molar-refractivity contribution is -0.247. The van der Waals surface area contributed by atoms with Gasteiger partial charge in [0.2, 0.25) is 0 Å². The van der Waals surface area contributed by atoms with E-state index in [-0.39, 0.29) is 11.6 Å². The summed E-state index contributed by atoms with van der Waals surface area (Å²) in [5.41, 5.74) is 0.646. The summed E-state index contributed by atoms with van der Waals surface area (Å²) in [5, 5.41) is 3.05. The topological polar surface area (TPSA) is 56.8 Å². The smallest absolute Gasteiger partial charge is 0.339 e. The fourth-order valence-electron chi connectivity index (χ4n) is 1.92. The van der Waals surface area contributed by atoms with Crippen LogP contribution < -0.4 is 5.32 Å². The van der Waals surface area contributed by atoms with Crippen molar-refractivity contribution in [2.75, 3.05) is 25.6 Å². The monoisotopic (exact) mass is 283 g/mol. The summed E-state index contributed by atoms with van der Waals surface area (Å²) in [6.45, 7) is 4.46. The van der Waals surface area contributed by atoms with Crippen LogP contribution in [-0.4, -0.2) is 38.1 Å². The van der Waals surface area contributed by atoms with Crippen molar-refractivity contribution in [1.82, 2.24) is 0 Å². The fraction of sp³-hybridized carbons (Fsp3) is 0.500. The number of methoxy groups -OCH3 is 1. The van der Waals surface area contributed by atoms with E-state index in [1.54, 1.807) is 0 Å². The summed E-state index contributed by atoms with van der Waals surface area (Å²) < 4.78 is 29.0. The molecular weight excluding hydrogens is 265 g/mol. The maximum atomic E-state index is 13.3. The molecule has 6 heteroatoms. The molecule has 1 aromatic carbocycles. The molecule has 0 unspecified atom stereocenters. The molecule has 5 nitrogen and oxygen atoms in total. The molecule has 0 saturated carbocycles. The Hall–Kier alpha value is -1.66. The molecule has 110 valence electrons. The third-order valence-corrected chi connectivity index (χ3v) is 3.01. The highest BCUT2D eigenvalue weighted by Gasteiger charge is 2.29. The molecule has 1 fully saturated rings. The van der Waals surface area contributed by atoms with Gasteiger partial charge in [-0.05, 0) is 32.0 Å². The zero-order valence-electron chi connectivity index (χ0n) is 11.7. The number of carbonyl (C=O) groups is 1. The molecule has 0 aliphatic carbocycles. The number of carbonyl (C=O) groups excluding carboxylic acids is 1. The highest BCUT2D eigenvalue weighted by Crippen LogP contribution is 2.23. The molecule has 0 amide bonds. The molecule has 20 heavy (non-hydrogen) atoms. The Balaban J connectivity index is 2.12. The number of hydrogen-bond donors (Lipinski definition) is 1. The number of ether oxygens (including phenoxy) is 3. The van der Waals surface area contributed by atoms with Gasteiger partial charge in [-0.3, -0.25) is 0 Å². The van der Waals surface area contributed by atoms with Gasteiger partial charge in [-0.25, -0.2) is 9.18 Å². The first-order valence-corrected chi connectivity index (χ1v) is 6.33. The summed E-state index contributed by atoms with van der Waals surface area (Å²) >= 11 is 0. The van der Waals surface area contributed by atoms with Crippen LogP contribution >= 0.6 is 0 Å². The number of benzene rings is 1. The van der Waals surface area contributed by atoms with Crippen molar-refractivity contribution < 1.29 is 23.4 Å². The van der Waals surface area contributed by atoms with Crippen molar-refractivity contribution in [1.29, 1.82) is 0 Å². The van der Waals surface area contributed by atoms with E-state index >= 15 is 0 Å². The first-order valence-electron chi connectivity index (χ1n) is 6.33. The number of hydrogen-bond acceptors (Lipinski definition) is 5. The van der Waals surface area contributed by atoms with Crippen LogP contribution in [0.4, 0.5) is 10.1 Å². The summed E-state index contributed by atoms with van der Waals surface area (Å²) in [4.78, 5) is 11.6. The van der Waals surface area contributed by atoms with E-state index in [9.17, 15) is 9.18 Å². The number of nitrogens with one attached hydrogen (secondary N) is 1. The van der Waals surface area contributed by atoms with Crippen molar-refractivity contribution in [3.8, 4) is 0 Å². The van der Waals surface area contributed by atoms with Crippen molar-refractivity contribution in [2.24, 2.45) is 0 Å². The summed E-state index contributed by atoms with van der Waals surface area (Å²) in [5.74, 6) is -1.57. The first kappa shape index (κ1) is 14.7. The Morgan fingerprint density at radius 2 is 2.05 bits per heavy atom. The van der Waals surface area contributed by atoms with Crippen molar-refractivity contribution >= 4 is 11.7 Å². The molecule has 1 saturated heterocycles. The standard InChI is InChI=1S/C14H18FNO4/c1-14(2)19-7-10(8-20-14)16-12-6-9(15)4-5-11(12)13(17)18-3/h4-6,10,16H,7-8H2,1-3H3. The molecule has 1 aromatic rings. The second-order valence-corrected chi connectivity index (χ2v) is 5.04. The average molecular weight is 283 g/mol. The third kappa shape index (κ3) is 3.46. The minimum atomic E-state index is -0.620. The molecule has 0 atom stereocenters. The maximum Gasteiger partial charge on any atom is 0.339 e. The third-order valence-electron chi connectivity index (χ3n) is 3.01. The van der Waals surface area contributed by atoms with Gasteiger partial charge in [0.1, 0.15) is 5.82 Å². The van der Waals surface area contributed by atoms with Crippen molar-refractivity contribution in [2.45, 2.75) is 25.7 Å². The van der Waals surface area contributed by atoms with E-state index in [1.165, 1.54) is 25.3 Å². The summed E-state index contributed by atoms with van der Waals surface area (Å²) in [7, 11) is 1.28. The van der Waals surface area contributed by atoms with Crippen molar-refractivity contribution in [3.63, 3.8) is 0 Å². The van der Waals surface area contributed by atoms with E-state index in [4.69, 9.17) is 9.47 Å². The summed E-state index contributed by atoms with van der Waals surface area (Å²) in [6, 6.07) is 3.70. The van der Waals surface area contributed by atoms with E-state index in [2.05, 4.69) is 10.1 Å². The highest BCUT2D eigenvalue weighted by atomic mass is 19.1. The molecule has 1 N–H and O–H groups in total. The van der Waals surface area contributed by atoms with Crippen LogP contribution in [0.25, 0.3) is 0 Å². The van der Waals surface area contributed by atoms with Crippen molar-refractivity contribution in [3.05, 3.63) is 29.6 Å². The van der Waals surface area contributed by atoms with Crippen LogP contribution in [0.1, 0.15) is 24.2 Å². The zero-order chi connectivity index (χ0) is 14.8. The minimum absolute atomic E-state index is 0.159. The zero-order valence-corrected chi connectivity index (χ0v) is 11.7. The number of halogens is 1. The van der Waals surface area contributed by atoms with Crippen LogP contribution in [0.5, 0.6) is 0 Å². The van der Waals surface area contributed by atoms with Gasteiger partial charge in [-0.2, -0.15) is 0 Å². The second kappa shape index (κ2) is 5.76. The van der Waals surface area contributed by atoms with Crippen LogP contribution in [0.2, 0.25) is 0 Å². The Morgan fingerprint density at radius 1 is 1.40 bits per heavy atom. The second-order valence-electron chi connectivity index (χ2n) is 5.04. The summed E-state index contributed by atoms with van der Waals surface area (Å²) in [6.07, 6.45) is 0. The van der Waals surface area contributed by atoms with Gasteiger partial charge in [-0.1, -0.05) is 0 Å². The van der Waals surface area contributed by atoms with E-state index < -0.39 is 17.6 Å². The van der Waals surface area contributed by atoms with Gasteiger partial charge in [0, 0.05) is 0 Å². The molecule has 0 aromatic heterocycles. The number of anilines is 1. The number of esters is 1. The fourth-order valence-corrected chi connectivity index (χ4v) is 1.92. The molecular formula is C14H18FNO4. The molecule has 1 aliphatic heterocycles. The van der Waals surface area contributed by atoms with Crippen LogP contribution in [-0.2, 0) is 14.2 Å². The lowest BCUT2D eigenvalue weighted by atomic mass is 10.1. The number of rotatable bonds is 3. The van der Waals surface area contributed by atoms with Gasteiger partial charge in [0.25, 0.3) is 0 Å². The highest BCUT2D eigenvalue weighted by molar-refractivity contribution is 5.95. The largest absolute Gasteiger partial charge is 0.465 e. The van der Waals surface area contributed by atoms with Crippen LogP contribution in [0, 0.1) is 5.82 Å². The quantitative estimate of drug-likeness (QED) is 0.862. The predicted molar refractivity (Wildman–Crippen MR) is 71.1 cm³/mol. The minimum Gasteiger partial charge on any atom is -0.465 e. The van der Waals surface area contributed by atoms with E-state index in [1.807, 2.05) is 13.8 Å². The molecule has 1 aliphatic rings. The Kier molecular flexibility index (Phi) is 4.25. The molecule has 0 spiro atoms. The molecule has 1 heterocycles. The lowest BCUT2D eigenvalue weighted by Gasteiger charge is -2.35. The average Bonchev–Trinajstić information content (AvgIpc) is 2.40. The van der Waals surface area contributed by atoms with Gasteiger partial charge in [-0.15, -0.1) is 0 Å². The van der Waals surface area contributed by atoms with Gasteiger partial charge < -0.3 is 19.5 Å². The first-order chi connectivity index (χ1) is 9.41. The van der Waals surface area contributed by atoms with Gasteiger partial charge in [0.15, 0.2) is 5.79 Å². The lowest BCUT2D eigenvalue weighted by Crippen LogP contribution is -2.45. The molecule has 0 radical (unpaired) electrons. The van der Waals surface area contributed by atoms with E-state index in [0.29, 0.717) is 18.9 Å². The molecule has 0 bridgehead atoms. The van der Waals surface area contributed by atoms with Gasteiger partial charge >= 0.3 is 5.97 Å². The van der Waals surface area contributed by atoms with E-state index in [0.717, 1.165) is 0 Å². The Labute approximate surface area is 117 Å². The van der Waals surface area contributed by atoms with Crippen LogP contribution in [0.15, 0.2) is 18.2 Å². The molecule has 2 rings (SSSR count). The predicted octanol–water partition coefficient (Wildman–Crippen LogP) is 2.18. The Morgan fingerprint density at radius 3 is 2.65 bits per heavy atom. The van der Waals surface area contributed by atoms with Crippen LogP contribution in [0.3, 0.4) is 0 Å². The normalized spacial score (nSPS) is 18.6. The Bertz CT molecular complexity index is 494. The maximum absolute atomic E-state index is 13.3.